The van der Waals surface area contributed by atoms with Gasteiger partial charge in [0.05, 0.1) is 30.0 Å². The first kappa shape index (κ1) is 18.7. The van der Waals surface area contributed by atoms with Crippen LogP contribution < -0.4 is 5.32 Å². The number of anilines is 1. The molecule has 0 unspecified atom stereocenters. The molecule has 2 aliphatic heterocycles. The number of aromatic nitrogens is 2. The number of hydrogen-bond acceptors (Lipinski definition) is 7. The van der Waals surface area contributed by atoms with Crippen molar-refractivity contribution < 1.29 is 22.7 Å². The minimum atomic E-state index is -3.22. The zero-order valence-electron chi connectivity index (χ0n) is 14.5. The second kappa shape index (κ2) is 7.67. The molecule has 10 heteroatoms. The van der Waals surface area contributed by atoms with E-state index in [2.05, 4.69) is 15.3 Å². The van der Waals surface area contributed by atoms with Crippen LogP contribution in [0.4, 0.5) is 5.82 Å². The smallest absolute Gasteiger partial charge is 0.230 e. The number of carbonyl (C=O) groups is 2. The predicted octanol–water partition coefficient (Wildman–Crippen LogP) is -0.144. The molecule has 142 valence electrons. The number of nitrogens with zero attached hydrogens (tertiary/aromatic N) is 3. The number of amides is 2. The van der Waals surface area contributed by atoms with Gasteiger partial charge in [-0.2, -0.15) is 0 Å². The number of ether oxygens (including phenoxy) is 1. The summed E-state index contributed by atoms with van der Waals surface area (Å²) >= 11 is 0. The van der Waals surface area contributed by atoms with Crippen molar-refractivity contribution in [2.75, 3.05) is 30.5 Å². The molecule has 9 nitrogen and oxygen atoms in total. The largest absolute Gasteiger partial charge is 0.376 e. The van der Waals surface area contributed by atoms with E-state index in [0.717, 1.165) is 6.26 Å². The monoisotopic (exact) mass is 382 g/mol. The highest BCUT2D eigenvalue weighted by Gasteiger charge is 2.44. The summed E-state index contributed by atoms with van der Waals surface area (Å²) in [4.78, 5) is 34.7. The SMILES string of the molecule is CS(=O)(=O)CCC(=O)N1C[C@@H](C(=O)Nc2cnccn2)C[C@H]2OCC[C@H]21. The Kier molecular flexibility index (Phi) is 5.52. The van der Waals surface area contributed by atoms with Crippen LogP contribution in [-0.2, 0) is 24.2 Å². The van der Waals surface area contributed by atoms with E-state index in [1.165, 1.54) is 18.6 Å². The number of piperidine rings is 1. The van der Waals surface area contributed by atoms with Crippen molar-refractivity contribution in [3.63, 3.8) is 0 Å². The topological polar surface area (TPSA) is 119 Å². The Morgan fingerprint density at radius 1 is 1.38 bits per heavy atom. The Hall–Kier alpha value is -2.07. The number of sulfone groups is 1. The standard InChI is InChI=1S/C16H22N4O5S/c1-26(23,24)7-3-15(21)20-10-11(8-13-12(20)2-6-25-13)16(22)19-14-9-17-4-5-18-14/h4-5,9,11-13H,2-3,6-8,10H2,1H3,(H,18,19,22)/t11-,12+,13+/m0/s1. The number of carbonyl (C=O) groups excluding carboxylic acids is 2. The molecule has 1 aromatic rings. The van der Waals surface area contributed by atoms with E-state index < -0.39 is 15.8 Å². The second-order valence-electron chi connectivity index (χ2n) is 6.70. The molecule has 0 radical (unpaired) electrons. The average molecular weight is 382 g/mol. The molecule has 0 aliphatic carbocycles. The number of hydrogen-bond donors (Lipinski definition) is 1. The van der Waals surface area contributed by atoms with E-state index in [1.54, 1.807) is 4.90 Å². The Balaban J connectivity index is 1.69. The average Bonchev–Trinajstić information content (AvgIpc) is 3.07. The van der Waals surface area contributed by atoms with E-state index >= 15 is 0 Å². The molecular weight excluding hydrogens is 360 g/mol. The van der Waals surface area contributed by atoms with Crippen LogP contribution in [0.15, 0.2) is 18.6 Å². The van der Waals surface area contributed by atoms with Gasteiger partial charge in [0, 0.05) is 38.2 Å². The van der Waals surface area contributed by atoms with Gasteiger partial charge in [-0.1, -0.05) is 0 Å². The first-order chi connectivity index (χ1) is 12.3. The molecule has 2 saturated heterocycles. The van der Waals surface area contributed by atoms with Crippen LogP contribution in [0.5, 0.6) is 0 Å². The summed E-state index contributed by atoms with van der Waals surface area (Å²) in [5.74, 6) is -0.800. The van der Waals surface area contributed by atoms with Crippen molar-refractivity contribution in [2.24, 2.45) is 5.92 Å². The molecule has 1 aromatic heterocycles. The fourth-order valence-electron chi connectivity index (χ4n) is 3.43. The van der Waals surface area contributed by atoms with Gasteiger partial charge >= 0.3 is 0 Å². The van der Waals surface area contributed by atoms with Crippen LogP contribution in [0, 0.1) is 5.92 Å². The lowest BCUT2D eigenvalue weighted by Gasteiger charge is -2.40. The quantitative estimate of drug-likeness (QED) is 0.752. The zero-order valence-corrected chi connectivity index (χ0v) is 15.3. The number of nitrogens with one attached hydrogen (secondary N) is 1. The molecule has 2 aliphatic rings. The molecule has 0 saturated carbocycles. The zero-order chi connectivity index (χ0) is 18.7. The van der Waals surface area contributed by atoms with Crippen LogP contribution >= 0.6 is 0 Å². The maximum Gasteiger partial charge on any atom is 0.230 e. The van der Waals surface area contributed by atoms with Gasteiger partial charge in [0.2, 0.25) is 11.8 Å². The molecule has 3 heterocycles. The molecule has 0 aromatic carbocycles. The van der Waals surface area contributed by atoms with Crippen LogP contribution in [0.25, 0.3) is 0 Å². The van der Waals surface area contributed by atoms with Crippen LogP contribution in [0.1, 0.15) is 19.3 Å². The lowest BCUT2D eigenvalue weighted by Crippen LogP contribution is -2.54. The van der Waals surface area contributed by atoms with Gasteiger partial charge in [0.15, 0.2) is 5.82 Å². The van der Waals surface area contributed by atoms with E-state index in [9.17, 15) is 18.0 Å². The molecule has 3 rings (SSSR count). The molecule has 2 amide bonds. The van der Waals surface area contributed by atoms with E-state index in [1.807, 2.05) is 0 Å². The van der Waals surface area contributed by atoms with Gasteiger partial charge in [0.25, 0.3) is 0 Å². The van der Waals surface area contributed by atoms with Crippen molar-refractivity contribution in [2.45, 2.75) is 31.4 Å². The van der Waals surface area contributed by atoms with Crippen LogP contribution in [0.3, 0.4) is 0 Å². The highest BCUT2D eigenvalue weighted by Crippen LogP contribution is 2.32. The molecule has 0 bridgehead atoms. The number of rotatable bonds is 5. The van der Waals surface area contributed by atoms with Gasteiger partial charge in [0.1, 0.15) is 9.84 Å². The summed E-state index contributed by atoms with van der Waals surface area (Å²) in [5, 5.41) is 2.71. The Morgan fingerprint density at radius 3 is 2.88 bits per heavy atom. The summed E-state index contributed by atoms with van der Waals surface area (Å²) in [7, 11) is -3.22. The first-order valence-electron chi connectivity index (χ1n) is 8.49. The van der Waals surface area contributed by atoms with Crippen molar-refractivity contribution in [3.8, 4) is 0 Å². The summed E-state index contributed by atoms with van der Waals surface area (Å²) in [6, 6.07) is -0.0948. The third-order valence-electron chi connectivity index (χ3n) is 4.70. The molecule has 2 fully saturated rings. The Labute approximate surface area is 152 Å². The van der Waals surface area contributed by atoms with E-state index in [-0.39, 0.29) is 42.7 Å². The fraction of sp³-hybridized carbons (Fsp3) is 0.625. The third-order valence-corrected chi connectivity index (χ3v) is 5.65. The van der Waals surface area contributed by atoms with Crippen molar-refractivity contribution in [1.29, 1.82) is 0 Å². The van der Waals surface area contributed by atoms with Gasteiger partial charge in [-0.05, 0) is 12.8 Å². The van der Waals surface area contributed by atoms with Gasteiger partial charge in [-0.25, -0.2) is 13.4 Å². The summed E-state index contributed by atoms with van der Waals surface area (Å²) in [6.45, 7) is 0.781. The summed E-state index contributed by atoms with van der Waals surface area (Å²) in [6.07, 6.45) is 6.48. The van der Waals surface area contributed by atoms with Crippen molar-refractivity contribution in [3.05, 3.63) is 18.6 Å². The van der Waals surface area contributed by atoms with Crippen molar-refractivity contribution in [1.82, 2.24) is 14.9 Å². The fourth-order valence-corrected chi connectivity index (χ4v) is 3.98. The molecule has 0 spiro atoms. The lowest BCUT2D eigenvalue weighted by molar-refractivity contribution is -0.140. The summed E-state index contributed by atoms with van der Waals surface area (Å²) in [5.41, 5.74) is 0. The van der Waals surface area contributed by atoms with Crippen LogP contribution in [0.2, 0.25) is 0 Å². The molecular formula is C16H22N4O5S. The highest BCUT2D eigenvalue weighted by molar-refractivity contribution is 7.90. The lowest BCUT2D eigenvalue weighted by atomic mass is 9.89. The summed E-state index contributed by atoms with van der Waals surface area (Å²) < 4.78 is 28.4. The normalized spacial score (nSPS) is 25.6. The third kappa shape index (κ3) is 4.55. The van der Waals surface area contributed by atoms with Crippen LogP contribution in [-0.4, -0.2) is 72.4 Å². The number of fused-ring (bicyclic) bond motifs is 1. The van der Waals surface area contributed by atoms with Gasteiger partial charge in [-0.3, -0.25) is 14.6 Å². The predicted molar refractivity (Wildman–Crippen MR) is 93.0 cm³/mol. The maximum atomic E-state index is 12.6. The molecule has 3 atom stereocenters. The van der Waals surface area contributed by atoms with E-state index in [0.29, 0.717) is 25.3 Å². The highest BCUT2D eigenvalue weighted by atomic mass is 32.2. The first-order valence-corrected chi connectivity index (χ1v) is 10.6. The molecule has 1 N–H and O–H groups in total. The second-order valence-corrected chi connectivity index (χ2v) is 8.96. The Morgan fingerprint density at radius 2 is 2.19 bits per heavy atom. The minimum Gasteiger partial charge on any atom is -0.376 e. The van der Waals surface area contributed by atoms with Crippen molar-refractivity contribution >= 4 is 27.5 Å². The van der Waals surface area contributed by atoms with Gasteiger partial charge in [-0.15, -0.1) is 0 Å². The molecule has 26 heavy (non-hydrogen) atoms. The number of likely N-dealkylation sites (tertiary alicyclic amines) is 1. The minimum absolute atomic E-state index is 0.0828. The maximum absolute atomic E-state index is 12.6. The van der Waals surface area contributed by atoms with E-state index in [4.69, 9.17) is 4.74 Å². The van der Waals surface area contributed by atoms with Gasteiger partial charge < -0.3 is 15.0 Å². The Bertz CT molecular complexity index is 770.